The maximum absolute atomic E-state index is 11.4. The molecule has 1 heterocycles. The van der Waals surface area contributed by atoms with Crippen LogP contribution < -0.4 is 5.32 Å². The molecular weight excluding hydrogens is 202 g/mol. The predicted octanol–water partition coefficient (Wildman–Crippen LogP) is 1.34. The monoisotopic (exact) mass is 211 g/mol. The Morgan fingerprint density at radius 2 is 2.00 bits per heavy atom. The van der Waals surface area contributed by atoms with E-state index < -0.39 is 5.97 Å². The lowest BCUT2D eigenvalue weighted by molar-refractivity contribution is 0.0702. The van der Waals surface area contributed by atoms with Gasteiger partial charge in [-0.05, 0) is 25.0 Å². The molecule has 1 aromatic rings. The smallest absolute Gasteiger partial charge is 0.345 e. The summed E-state index contributed by atoms with van der Waals surface area (Å²) in [6.07, 6.45) is 2.06. The molecular formula is C9H9NO3S. The van der Waals surface area contributed by atoms with Crippen LogP contribution in [0.15, 0.2) is 12.1 Å². The van der Waals surface area contributed by atoms with Crippen LogP contribution in [0.4, 0.5) is 0 Å². The third-order valence-electron chi connectivity index (χ3n) is 1.95. The number of nitrogens with one attached hydrogen (secondary N) is 1. The van der Waals surface area contributed by atoms with Crippen molar-refractivity contribution in [2.45, 2.75) is 18.9 Å². The van der Waals surface area contributed by atoms with Gasteiger partial charge in [0.1, 0.15) is 4.88 Å². The van der Waals surface area contributed by atoms with E-state index in [0.717, 1.165) is 24.2 Å². The summed E-state index contributed by atoms with van der Waals surface area (Å²) in [5.41, 5.74) is 0. The van der Waals surface area contributed by atoms with Crippen LogP contribution >= 0.6 is 11.3 Å². The number of carboxylic acid groups (broad SMARTS) is 1. The fourth-order valence-electron chi connectivity index (χ4n) is 1.06. The average Bonchev–Trinajstić information content (AvgIpc) is 2.81. The summed E-state index contributed by atoms with van der Waals surface area (Å²) in [5, 5.41) is 11.5. The van der Waals surface area contributed by atoms with Crippen LogP contribution in [0.1, 0.15) is 32.2 Å². The van der Waals surface area contributed by atoms with E-state index in [2.05, 4.69) is 5.32 Å². The molecule has 0 spiro atoms. The Hall–Kier alpha value is -1.36. The van der Waals surface area contributed by atoms with Gasteiger partial charge < -0.3 is 10.4 Å². The summed E-state index contributed by atoms with van der Waals surface area (Å²) < 4.78 is 0. The van der Waals surface area contributed by atoms with Crippen LogP contribution in [-0.2, 0) is 0 Å². The number of carbonyl (C=O) groups excluding carboxylic acids is 1. The van der Waals surface area contributed by atoms with E-state index in [-0.39, 0.29) is 10.8 Å². The molecule has 0 aliphatic heterocycles. The summed E-state index contributed by atoms with van der Waals surface area (Å²) >= 11 is 1.01. The normalized spacial score (nSPS) is 15.1. The molecule has 4 nitrogen and oxygen atoms in total. The zero-order chi connectivity index (χ0) is 10.1. The van der Waals surface area contributed by atoms with Crippen molar-refractivity contribution in [2.75, 3.05) is 0 Å². The Morgan fingerprint density at radius 3 is 2.50 bits per heavy atom. The Labute approximate surface area is 84.6 Å². The standard InChI is InChI=1S/C9H9NO3S/c11-8(10-5-1-2-5)6-3-4-7(14-6)9(12)13/h3-5H,1-2H2,(H,10,11)(H,12,13). The molecule has 2 rings (SSSR count). The molecule has 74 valence electrons. The van der Waals surface area contributed by atoms with Gasteiger partial charge in [-0.2, -0.15) is 0 Å². The van der Waals surface area contributed by atoms with Crippen molar-refractivity contribution < 1.29 is 14.7 Å². The van der Waals surface area contributed by atoms with Gasteiger partial charge in [0.25, 0.3) is 5.91 Å². The predicted molar refractivity (Wildman–Crippen MR) is 51.8 cm³/mol. The van der Waals surface area contributed by atoms with Gasteiger partial charge in [0, 0.05) is 6.04 Å². The minimum atomic E-state index is -0.986. The van der Waals surface area contributed by atoms with Crippen molar-refractivity contribution in [3.8, 4) is 0 Å². The highest BCUT2D eigenvalue weighted by Crippen LogP contribution is 2.21. The van der Waals surface area contributed by atoms with Gasteiger partial charge in [-0.1, -0.05) is 0 Å². The van der Waals surface area contributed by atoms with E-state index in [4.69, 9.17) is 5.11 Å². The van der Waals surface area contributed by atoms with Crippen molar-refractivity contribution >= 4 is 23.2 Å². The minimum Gasteiger partial charge on any atom is -0.477 e. The molecule has 1 aliphatic rings. The lowest BCUT2D eigenvalue weighted by atomic mass is 10.4. The number of aromatic carboxylic acids is 1. The van der Waals surface area contributed by atoms with Gasteiger partial charge in [-0.15, -0.1) is 11.3 Å². The number of hydrogen-bond donors (Lipinski definition) is 2. The zero-order valence-electron chi connectivity index (χ0n) is 7.32. The highest BCUT2D eigenvalue weighted by molar-refractivity contribution is 7.15. The fraction of sp³-hybridized carbons (Fsp3) is 0.333. The zero-order valence-corrected chi connectivity index (χ0v) is 8.13. The van der Waals surface area contributed by atoms with E-state index in [0.29, 0.717) is 10.9 Å². The third kappa shape index (κ3) is 1.93. The lowest BCUT2D eigenvalue weighted by Crippen LogP contribution is -2.24. The van der Waals surface area contributed by atoms with Crippen LogP contribution in [0.5, 0.6) is 0 Å². The minimum absolute atomic E-state index is 0.162. The van der Waals surface area contributed by atoms with Gasteiger partial charge >= 0.3 is 5.97 Å². The molecule has 5 heteroatoms. The topological polar surface area (TPSA) is 66.4 Å². The van der Waals surface area contributed by atoms with Crippen molar-refractivity contribution in [1.29, 1.82) is 0 Å². The van der Waals surface area contributed by atoms with Crippen molar-refractivity contribution in [3.05, 3.63) is 21.9 Å². The summed E-state index contributed by atoms with van der Waals surface area (Å²) in [7, 11) is 0. The quantitative estimate of drug-likeness (QED) is 0.792. The van der Waals surface area contributed by atoms with E-state index >= 15 is 0 Å². The van der Waals surface area contributed by atoms with Crippen LogP contribution in [0, 0.1) is 0 Å². The van der Waals surface area contributed by atoms with Crippen LogP contribution in [0.3, 0.4) is 0 Å². The molecule has 0 atom stereocenters. The highest BCUT2D eigenvalue weighted by atomic mass is 32.1. The molecule has 1 aromatic heterocycles. The second-order valence-electron chi connectivity index (χ2n) is 3.22. The summed E-state index contributed by atoms with van der Waals surface area (Å²) in [5.74, 6) is -1.15. The molecule has 0 saturated heterocycles. The second kappa shape index (κ2) is 3.42. The van der Waals surface area contributed by atoms with Gasteiger partial charge in [-0.3, -0.25) is 4.79 Å². The van der Waals surface area contributed by atoms with Crippen molar-refractivity contribution in [1.82, 2.24) is 5.32 Å². The van der Waals surface area contributed by atoms with Gasteiger partial charge in [-0.25, -0.2) is 4.79 Å². The van der Waals surface area contributed by atoms with E-state index in [1.807, 2.05) is 0 Å². The van der Waals surface area contributed by atoms with Gasteiger partial charge in [0.05, 0.1) is 4.88 Å². The molecule has 0 bridgehead atoms. The number of rotatable bonds is 3. The molecule has 0 aromatic carbocycles. The SMILES string of the molecule is O=C(O)c1ccc(C(=O)NC2CC2)s1. The largest absolute Gasteiger partial charge is 0.477 e. The second-order valence-corrected chi connectivity index (χ2v) is 4.30. The number of hydrogen-bond acceptors (Lipinski definition) is 3. The number of carboxylic acids is 1. The highest BCUT2D eigenvalue weighted by Gasteiger charge is 2.24. The molecule has 0 unspecified atom stereocenters. The first-order valence-electron chi connectivity index (χ1n) is 4.31. The Morgan fingerprint density at radius 1 is 1.36 bits per heavy atom. The molecule has 1 fully saturated rings. The summed E-state index contributed by atoms with van der Waals surface area (Å²) in [6, 6.07) is 3.30. The first kappa shape index (κ1) is 9.21. The average molecular weight is 211 g/mol. The van der Waals surface area contributed by atoms with Crippen molar-refractivity contribution in [3.63, 3.8) is 0 Å². The van der Waals surface area contributed by atoms with Crippen LogP contribution in [-0.4, -0.2) is 23.0 Å². The molecule has 14 heavy (non-hydrogen) atoms. The first-order chi connectivity index (χ1) is 6.66. The molecule has 0 radical (unpaired) electrons. The van der Waals surface area contributed by atoms with Gasteiger partial charge in [0.2, 0.25) is 0 Å². The lowest BCUT2D eigenvalue weighted by Gasteiger charge is -1.98. The third-order valence-corrected chi connectivity index (χ3v) is 3.03. The molecule has 2 N–H and O–H groups in total. The molecule has 1 aliphatic carbocycles. The van der Waals surface area contributed by atoms with E-state index in [1.165, 1.54) is 6.07 Å². The fourth-order valence-corrected chi connectivity index (χ4v) is 1.81. The number of amides is 1. The van der Waals surface area contributed by atoms with E-state index in [9.17, 15) is 9.59 Å². The number of thiophene rings is 1. The molecule has 1 saturated carbocycles. The van der Waals surface area contributed by atoms with E-state index in [1.54, 1.807) is 6.07 Å². The van der Waals surface area contributed by atoms with Crippen molar-refractivity contribution in [2.24, 2.45) is 0 Å². The Balaban J connectivity index is 2.07. The van der Waals surface area contributed by atoms with Gasteiger partial charge in [0.15, 0.2) is 0 Å². The Bertz CT molecular complexity index is 381. The summed E-state index contributed by atoms with van der Waals surface area (Å²) in [4.78, 5) is 22.7. The first-order valence-corrected chi connectivity index (χ1v) is 5.12. The molecule has 1 amide bonds. The van der Waals surface area contributed by atoms with Crippen LogP contribution in [0.2, 0.25) is 0 Å². The maximum atomic E-state index is 11.4. The number of carbonyl (C=O) groups is 2. The Kier molecular flexibility index (Phi) is 2.25. The summed E-state index contributed by atoms with van der Waals surface area (Å²) in [6.45, 7) is 0. The maximum Gasteiger partial charge on any atom is 0.345 e. The van der Waals surface area contributed by atoms with Crippen LogP contribution in [0.25, 0.3) is 0 Å².